The van der Waals surface area contributed by atoms with Crippen molar-refractivity contribution < 1.29 is 4.42 Å². The van der Waals surface area contributed by atoms with Crippen LogP contribution in [0, 0.1) is 0 Å². The van der Waals surface area contributed by atoms with Gasteiger partial charge in [-0.25, -0.2) is 9.78 Å². The molecule has 80 valence electrons. The Morgan fingerprint density at radius 1 is 1.44 bits per heavy atom. The number of thiazole rings is 1. The van der Waals surface area contributed by atoms with Gasteiger partial charge in [0.25, 0.3) is 0 Å². The number of aromatic nitrogens is 2. The van der Waals surface area contributed by atoms with Gasteiger partial charge in [-0.05, 0) is 18.2 Å². The second-order valence-corrected chi connectivity index (χ2v) is 4.34. The summed E-state index contributed by atoms with van der Waals surface area (Å²) in [6.07, 6.45) is 1.76. The van der Waals surface area contributed by atoms with E-state index in [-0.39, 0.29) is 5.76 Å². The van der Waals surface area contributed by atoms with Crippen molar-refractivity contribution in [2.24, 2.45) is 7.05 Å². The largest absolute Gasteiger partial charge is 0.419 e. The lowest BCUT2D eigenvalue weighted by Gasteiger charge is -1.96. The van der Waals surface area contributed by atoms with E-state index in [9.17, 15) is 4.79 Å². The predicted molar refractivity (Wildman–Crippen MR) is 62.6 cm³/mol. The fourth-order valence-corrected chi connectivity index (χ4v) is 2.27. The molecule has 2 heterocycles. The van der Waals surface area contributed by atoms with Gasteiger partial charge in [-0.3, -0.25) is 4.57 Å². The van der Waals surface area contributed by atoms with Crippen LogP contribution in [-0.2, 0) is 7.05 Å². The highest BCUT2D eigenvalue weighted by atomic mass is 32.1. The maximum Gasteiger partial charge on any atom is 0.419 e. The highest BCUT2D eigenvalue weighted by Gasteiger charge is 2.08. The van der Waals surface area contributed by atoms with Crippen LogP contribution >= 0.6 is 11.3 Å². The van der Waals surface area contributed by atoms with Crippen LogP contribution in [-0.4, -0.2) is 9.55 Å². The van der Waals surface area contributed by atoms with Crippen molar-refractivity contribution in [2.75, 3.05) is 0 Å². The van der Waals surface area contributed by atoms with Crippen LogP contribution in [0.5, 0.6) is 0 Å². The normalized spacial score (nSPS) is 11.1. The van der Waals surface area contributed by atoms with Gasteiger partial charge in [-0.15, -0.1) is 11.3 Å². The zero-order chi connectivity index (χ0) is 11.1. The Bertz CT molecular complexity index is 694. The topological polar surface area (TPSA) is 48.0 Å². The number of oxazole rings is 1. The zero-order valence-corrected chi connectivity index (χ0v) is 9.32. The summed E-state index contributed by atoms with van der Waals surface area (Å²) in [5.74, 6) is -0.341. The highest BCUT2D eigenvalue weighted by Crippen LogP contribution is 2.25. The molecule has 0 aliphatic rings. The first kappa shape index (κ1) is 9.35. The quantitative estimate of drug-likeness (QED) is 0.646. The first-order chi connectivity index (χ1) is 7.75. The average molecular weight is 232 g/mol. The molecule has 0 saturated heterocycles. The summed E-state index contributed by atoms with van der Waals surface area (Å²) < 4.78 is 6.61. The van der Waals surface area contributed by atoms with Crippen molar-refractivity contribution in [1.29, 1.82) is 0 Å². The maximum atomic E-state index is 11.3. The molecule has 0 spiro atoms. The molecule has 0 atom stereocenters. The van der Waals surface area contributed by atoms with Crippen LogP contribution < -0.4 is 5.76 Å². The Kier molecular flexibility index (Phi) is 1.94. The van der Waals surface area contributed by atoms with Crippen LogP contribution in [0.15, 0.2) is 39.0 Å². The molecule has 5 heteroatoms. The molecular formula is C11H8N2O2S. The Morgan fingerprint density at radius 2 is 2.31 bits per heavy atom. The molecular weight excluding hydrogens is 224 g/mol. The molecule has 0 bridgehead atoms. The van der Waals surface area contributed by atoms with Gasteiger partial charge in [0.15, 0.2) is 5.58 Å². The van der Waals surface area contributed by atoms with Crippen LogP contribution in [0.25, 0.3) is 21.7 Å². The number of hydrogen-bond acceptors (Lipinski definition) is 4. The molecule has 0 saturated carbocycles. The first-order valence-corrected chi connectivity index (χ1v) is 5.63. The number of nitrogens with zero attached hydrogens (tertiary/aromatic N) is 2. The van der Waals surface area contributed by atoms with Crippen LogP contribution in [0.2, 0.25) is 0 Å². The van der Waals surface area contributed by atoms with Gasteiger partial charge in [-0.1, -0.05) is 0 Å². The molecule has 0 aliphatic heterocycles. The van der Waals surface area contributed by atoms with Crippen LogP contribution in [0.4, 0.5) is 0 Å². The number of fused-ring (bicyclic) bond motifs is 1. The molecule has 0 unspecified atom stereocenters. The average Bonchev–Trinajstić information content (AvgIpc) is 2.88. The first-order valence-electron chi connectivity index (χ1n) is 4.75. The molecule has 1 aromatic carbocycles. The molecule has 3 rings (SSSR count). The minimum absolute atomic E-state index is 0.341. The van der Waals surface area contributed by atoms with E-state index >= 15 is 0 Å². The Balaban J connectivity index is 2.28. The molecule has 0 N–H and O–H groups in total. The molecule has 0 radical (unpaired) electrons. The van der Waals surface area contributed by atoms with Crippen LogP contribution in [0.1, 0.15) is 0 Å². The molecule has 0 fully saturated rings. The lowest BCUT2D eigenvalue weighted by atomic mass is 10.2. The third kappa shape index (κ3) is 1.29. The minimum atomic E-state index is -0.341. The van der Waals surface area contributed by atoms with E-state index in [1.165, 1.54) is 4.57 Å². The van der Waals surface area contributed by atoms with E-state index in [4.69, 9.17) is 4.42 Å². The maximum absolute atomic E-state index is 11.3. The van der Waals surface area contributed by atoms with Gasteiger partial charge in [0.2, 0.25) is 0 Å². The standard InChI is InChI=1S/C11H8N2O2S/c1-13-8-3-2-7(10-12-4-5-16-10)6-9(8)15-11(13)14/h2-6H,1H3. The van der Waals surface area contributed by atoms with E-state index in [1.54, 1.807) is 24.6 Å². The SMILES string of the molecule is Cn1c(=O)oc2cc(-c3nccs3)ccc21. The monoisotopic (exact) mass is 232 g/mol. The fraction of sp³-hybridized carbons (Fsp3) is 0.0909. The van der Waals surface area contributed by atoms with Gasteiger partial charge in [0.05, 0.1) is 5.52 Å². The summed E-state index contributed by atoms with van der Waals surface area (Å²) >= 11 is 1.56. The second-order valence-electron chi connectivity index (χ2n) is 3.45. The highest BCUT2D eigenvalue weighted by molar-refractivity contribution is 7.13. The van der Waals surface area contributed by atoms with E-state index in [1.807, 2.05) is 23.6 Å². The van der Waals surface area contributed by atoms with Crippen molar-refractivity contribution >= 4 is 22.4 Å². The number of rotatable bonds is 1. The van der Waals surface area contributed by atoms with Crippen molar-refractivity contribution in [3.05, 3.63) is 40.3 Å². The Labute approximate surface area is 94.8 Å². The summed E-state index contributed by atoms with van der Waals surface area (Å²) in [4.78, 5) is 15.5. The lowest BCUT2D eigenvalue weighted by Crippen LogP contribution is -2.08. The van der Waals surface area contributed by atoms with Gasteiger partial charge in [0.1, 0.15) is 5.01 Å². The van der Waals surface area contributed by atoms with Crippen molar-refractivity contribution in [1.82, 2.24) is 9.55 Å². The number of hydrogen-bond donors (Lipinski definition) is 0. The van der Waals surface area contributed by atoms with E-state index in [0.29, 0.717) is 5.58 Å². The van der Waals surface area contributed by atoms with Gasteiger partial charge < -0.3 is 4.42 Å². The summed E-state index contributed by atoms with van der Waals surface area (Å²) in [7, 11) is 1.69. The summed E-state index contributed by atoms with van der Waals surface area (Å²) in [6, 6.07) is 5.66. The Hall–Kier alpha value is -1.88. The smallest absolute Gasteiger partial charge is 0.408 e. The molecule has 16 heavy (non-hydrogen) atoms. The molecule has 0 amide bonds. The number of aryl methyl sites for hydroxylation is 1. The summed E-state index contributed by atoms with van der Waals surface area (Å²) in [6.45, 7) is 0. The van der Waals surface area contributed by atoms with Gasteiger partial charge >= 0.3 is 5.76 Å². The van der Waals surface area contributed by atoms with Crippen LogP contribution in [0.3, 0.4) is 0 Å². The van der Waals surface area contributed by atoms with Crippen molar-refractivity contribution in [2.45, 2.75) is 0 Å². The van der Waals surface area contributed by atoms with E-state index in [0.717, 1.165) is 16.1 Å². The van der Waals surface area contributed by atoms with E-state index < -0.39 is 0 Å². The third-order valence-corrected chi connectivity index (χ3v) is 3.29. The van der Waals surface area contributed by atoms with Crippen molar-refractivity contribution in [3.8, 4) is 10.6 Å². The second kappa shape index (κ2) is 3.31. The molecule has 2 aromatic heterocycles. The molecule has 0 aliphatic carbocycles. The summed E-state index contributed by atoms with van der Waals surface area (Å²) in [5.41, 5.74) is 2.36. The van der Waals surface area contributed by atoms with Gasteiger partial charge in [-0.2, -0.15) is 0 Å². The number of benzene rings is 1. The molecule has 3 aromatic rings. The van der Waals surface area contributed by atoms with E-state index in [2.05, 4.69) is 4.98 Å². The van der Waals surface area contributed by atoms with Crippen molar-refractivity contribution in [3.63, 3.8) is 0 Å². The minimum Gasteiger partial charge on any atom is -0.408 e. The zero-order valence-electron chi connectivity index (χ0n) is 8.51. The summed E-state index contributed by atoms with van der Waals surface area (Å²) in [5, 5.41) is 2.84. The molecule has 4 nitrogen and oxygen atoms in total. The lowest BCUT2D eigenvalue weighted by molar-refractivity contribution is 0.528. The predicted octanol–water partition coefficient (Wildman–Crippen LogP) is 2.25. The van der Waals surface area contributed by atoms with Gasteiger partial charge in [0, 0.05) is 24.2 Å². The Morgan fingerprint density at radius 3 is 3.06 bits per heavy atom. The third-order valence-electron chi connectivity index (χ3n) is 2.47. The fourth-order valence-electron chi connectivity index (χ4n) is 1.63.